The summed E-state index contributed by atoms with van der Waals surface area (Å²) in [6.45, 7) is 5.32. The van der Waals surface area contributed by atoms with E-state index in [9.17, 15) is 9.59 Å². The first-order chi connectivity index (χ1) is 12.7. The monoisotopic (exact) mass is 353 g/mol. The van der Waals surface area contributed by atoms with Gasteiger partial charge in [-0.2, -0.15) is 5.10 Å². The number of H-pyrrole nitrogens is 1. The van der Waals surface area contributed by atoms with E-state index in [1.54, 1.807) is 10.6 Å². The summed E-state index contributed by atoms with van der Waals surface area (Å²) in [6.07, 6.45) is 4.58. The second kappa shape index (κ2) is 6.92. The molecule has 0 spiro atoms. The summed E-state index contributed by atoms with van der Waals surface area (Å²) in [5, 5.41) is 7.97. The number of rotatable bonds is 4. The molecule has 26 heavy (non-hydrogen) atoms. The summed E-state index contributed by atoms with van der Waals surface area (Å²) in [5.41, 5.74) is 1.33. The lowest BCUT2D eigenvalue weighted by molar-refractivity contribution is 0.0912. The molecule has 0 saturated carbocycles. The van der Waals surface area contributed by atoms with Gasteiger partial charge in [0.05, 0.1) is 17.1 Å². The number of nitrogens with one attached hydrogen (secondary N) is 2. The number of likely N-dealkylation sites (tertiary alicyclic amines) is 1. The topological polar surface area (TPSA) is 82.5 Å². The molecule has 7 nitrogen and oxygen atoms in total. The highest BCUT2D eigenvalue weighted by atomic mass is 16.2. The summed E-state index contributed by atoms with van der Waals surface area (Å²) < 4.78 is 1.62. The van der Waals surface area contributed by atoms with Crippen LogP contribution in [0, 0.1) is 0 Å². The van der Waals surface area contributed by atoms with Crippen LogP contribution in [-0.2, 0) is 0 Å². The van der Waals surface area contributed by atoms with E-state index in [1.165, 1.54) is 6.20 Å². The van der Waals surface area contributed by atoms with Crippen LogP contribution in [0.1, 0.15) is 36.5 Å². The normalized spacial score (nSPS) is 16.3. The van der Waals surface area contributed by atoms with Gasteiger partial charge < -0.3 is 15.2 Å². The quantitative estimate of drug-likeness (QED) is 0.749. The fourth-order valence-corrected chi connectivity index (χ4v) is 3.72. The fraction of sp³-hybridized carbons (Fsp3) is 0.421. The molecule has 3 aromatic rings. The Morgan fingerprint density at radius 2 is 2.08 bits per heavy atom. The number of hydrogen-bond acceptors (Lipinski definition) is 4. The standard InChI is InChI=1S/C19H23N5O2/c1-2-9-23-10-7-13(8-11-23)21-19(26)15-12-20-24-16-6-4-3-5-14(16)18(25)22-17(15)24/h3-6,12-13H,2,7-11H2,1H3,(H,21,26)(H,22,25). The van der Waals surface area contributed by atoms with Crippen molar-refractivity contribution in [3.05, 3.63) is 46.4 Å². The van der Waals surface area contributed by atoms with E-state index in [-0.39, 0.29) is 17.5 Å². The van der Waals surface area contributed by atoms with E-state index in [0.29, 0.717) is 22.1 Å². The zero-order valence-electron chi connectivity index (χ0n) is 14.9. The molecule has 2 aromatic heterocycles. The minimum Gasteiger partial charge on any atom is -0.349 e. The van der Waals surface area contributed by atoms with Crippen molar-refractivity contribution in [2.75, 3.05) is 19.6 Å². The molecular weight excluding hydrogens is 330 g/mol. The molecule has 2 N–H and O–H groups in total. The number of hydrogen-bond donors (Lipinski definition) is 2. The highest BCUT2D eigenvalue weighted by Crippen LogP contribution is 2.16. The lowest BCUT2D eigenvalue weighted by Crippen LogP contribution is -2.44. The van der Waals surface area contributed by atoms with E-state index in [2.05, 4.69) is 27.2 Å². The number of aromatic nitrogens is 3. The number of carbonyl (C=O) groups excluding carboxylic acids is 1. The lowest BCUT2D eigenvalue weighted by Gasteiger charge is -2.31. The molecule has 1 fully saturated rings. The summed E-state index contributed by atoms with van der Waals surface area (Å²) in [7, 11) is 0. The van der Waals surface area contributed by atoms with Gasteiger partial charge >= 0.3 is 0 Å². The van der Waals surface area contributed by atoms with Crippen LogP contribution in [0.15, 0.2) is 35.3 Å². The predicted molar refractivity (Wildman–Crippen MR) is 101 cm³/mol. The van der Waals surface area contributed by atoms with Gasteiger partial charge in [0, 0.05) is 19.1 Å². The van der Waals surface area contributed by atoms with E-state index < -0.39 is 0 Å². The molecular formula is C19H23N5O2. The van der Waals surface area contributed by atoms with Crippen molar-refractivity contribution in [1.82, 2.24) is 24.8 Å². The Morgan fingerprint density at radius 1 is 1.31 bits per heavy atom. The van der Waals surface area contributed by atoms with Gasteiger partial charge in [-0.15, -0.1) is 0 Å². The highest BCUT2D eigenvalue weighted by Gasteiger charge is 2.23. The van der Waals surface area contributed by atoms with E-state index in [4.69, 9.17) is 0 Å². The van der Waals surface area contributed by atoms with Crippen LogP contribution in [0.5, 0.6) is 0 Å². The number of nitrogens with zero attached hydrogens (tertiary/aromatic N) is 3. The number of amides is 1. The minimum absolute atomic E-state index is 0.165. The van der Waals surface area contributed by atoms with Gasteiger partial charge in [-0.05, 0) is 37.9 Å². The van der Waals surface area contributed by atoms with Crippen LogP contribution in [-0.4, -0.2) is 51.1 Å². The van der Waals surface area contributed by atoms with Crippen LogP contribution in [0.25, 0.3) is 16.6 Å². The van der Waals surface area contributed by atoms with Crippen molar-refractivity contribution in [3.8, 4) is 0 Å². The minimum atomic E-state index is -0.212. The number of benzene rings is 1. The van der Waals surface area contributed by atoms with E-state index >= 15 is 0 Å². The van der Waals surface area contributed by atoms with Gasteiger partial charge in [0.15, 0.2) is 0 Å². The average Bonchev–Trinajstić information content (AvgIpc) is 3.08. The summed E-state index contributed by atoms with van der Waals surface area (Å²) in [4.78, 5) is 30.3. The zero-order chi connectivity index (χ0) is 18.1. The Morgan fingerprint density at radius 3 is 2.85 bits per heavy atom. The van der Waals surface area contributed by atoms with Crippen LogP contribution in [0.4, 0.5) is 0 Å². The Hall–Kier alpha value is -2.67. The van der Waals surface area contributed by atoms with Crippen molar-refractivity contribution in [2.24, 2.45) is 0 Å². The third kappa shape index (κ3) is 2.99. The van der Waals surface area contributed by atoms with E-state index in [0.717, 1.165) is 38.9 Å². The SMILES string of the molecule is CCCN1CCC(NC(=O)c2cnn3c2[nH]c(=O)c2ccccc23)CC1. The molecule has 136 valence electrons. The van der Waals surface area contributed by atoms with Crippen LogP contribution < -0.4 is 10.9 Å². The van der Waals surface area contributed by atoms with Gasteiger partial charge in [-0.25, -0.2) is 4.52 Å². The van der Waals surface area contributed by atoms with Gasteiger partial charge in [-0.3, -0.25) is 9.59 Å². The maximum Gasteiger partial charge on any atom is 0.259 e. The van der Waals surface area contributed by atoms with Crippen LogP contribution in [0.2, 0.25) is 0 Å². The fourth-order valence-electron chi connectivity index (χ4n) is 3.72. The number of fused-ring (bicyclic) bond motifs is 3. The molecule has 7 heteroatoms. The molecule has 1 amide bonds. The molecule has 0 radical (unpaired) electrons. The molecule has 1 aromatic carbocycles. The lowest BCUT2D eigenvalue weighted by atomic mass is 10.0. The van der Waals surface area contributed by atoms with Crippen molar-refractivity contribution in [3.63, 3.8) is 0 Å². The number of aromatic amines is 1. The largest absolute Gasteiger partial charge is 0.349 e. The first kappa shape index (κ1) is 16.8. The van der Waals surface area contributed by atoms with Gasteiger partial charge in [0.1, 0.15) is 11.2 Å². The van der Waals surface area contributed by atoms with Gasteiger partial charge in [0.2, 0.25) is 0 Å². The van der Waals surface area contributed by atoms with E-state index in [1.807, 2.05) is 18.2 Å². The second-order valence-electron chi connectivity index (χ2n) is 6.88. The van der Waals surface area contributed by atoms with Gasteiger partial charge in [0.25, 0.3) is 11.5 Å². The first-order valence-electron chi connectivity index (χ1n) is 9.19. The maximum absolute atomic E-state index is 12.7. The number of carbonyl (C=O) groups is 1. The molecule has 0 aliphatic carbocycles. The molecule has 3 heterocycles. The number of piperidine rings is 1. The zero-order valence-corrected chi connectivity index (χ0v) is 14.9. The summed E-state index contributed by atoms with van der Waals surface area (Å²) in [5.74, 6) is -0.181. The highest BCUT2D eigenvalue weighted by molar-refractivity contribution is 6.00. The average molecular weight is 353 g/mol. The number of para-hydroxylation sites is 1. The third-order valence-corrected chi connectivity index (χ3v) is 5.09. The molecule has 0 unspecified atom stereocenters. The first-order valence-corrected chi connectivity index (χ1v) is 9.19. The summed E-state index contributed by atoms with van der Waals surface area (Å²) >= 11 is 0. The molecule has 1 aliphatic heterocycles. The van der Waals surface area contributed by atoms with Crippen molar-refractivity contribution < 1.29 is 4.79 Å². The molecule has 0 atom stereocenters. The Bertz CT molecular complexity index is 998. The Balaban J connectivity index is 1.57. The summed E-state index contributed by atoms with van der Waals surface area (Å²) in [6, 6.07) is 7.41. The Labute approximate surface area is 151 Å². The molecule has 1 aliphatic rings. The van der Waals surface area contributed by atoms with Crippen LogP contribution >= 0.6 is 0 Å². The molecule has 1 saturated heterocycles. The van der Waals surface area contributed by atoms with Crippen LogP contribution in [0.3, 0.4) is 0 Å². The van der Waals surface area contributed by atoms with Crippen molar-refractivity contribution in [1.29, 1.82) is 0 Å². The smallest absolute Gasteiger partial charge is 0.259 e. The van der Waals surface area contributed by atoms with Gasteiger partial charge in [-0.1, -0.05) is 19.1 Å². The predicted octanol–water partition coefficient (Wildman–Crippen LogP) is 1.78. The van der Waals surface area contributed by atoms with Crippen molar-refractivity contribution in [2.45, 2.75) is 32.2 Å². The molecule has 4 rings (SSSR count). The molecule has 0 bridgehead atoms. The van der Waals surface area contributed by atoms with Crippen molar-refractivity contribution >= 4 is 22.5 Å². The second-order valence-corrected chi connectivity index (χ2v) is 6.88. The third-order valence-electron chi connectivity index (χ3n) is 5.09. The Kier molecular flexibility index (Phi) is 4.46. The maximum atomic E-state index is 12.7.